The van der Waals surface area contributed by atoms with E-state index in [-0.39, 0.29) is 0 Å². The minimum absolute atomic E-state index is 0.650. The lowest BCUT2D eigenvalue weighted by atomic mass is 10.3. The molecule has 5 heteroatoms. The Morgan fingerprint density at radius 3 is 3.17 bits per heavy atom. The van der Waals surface area contributed by atoms with Crippen molar-refractivity contribution in [2.24, 2.45) is 0 Å². The van der Waals surface area contributed by atoms with E-state index >= 15 is 0 Å². The van der Waals surface area contributed by atoms with E-state index in [1.54, 1.807) is 35.4 Å². The molecule has 0 amide bonds. The van der Waals surface area contributed by atoms with Crippen molar-refractivity contribution in [3.05, 3.63) is 40.0 Å². The number of nitriles is 1. The molecular formula is C13H13N3S2. The average Bonchev–Trinajstić information content (AvgIpc) is 2.85. The van der Waals surface area contributed by atoms with Gasteiger partial charge in [-0.05, 0) is 25.0 Å². The first-order chi connectivity index (χ1) is 8.81. The van der Waals surface area contributed by atoms with Gasteiger partial charge in [-0.1, -0.05) is 18.7 Å². The molecule has 2 rings (SSSR count). The van der Waals surface area contributed by atoms with Crippen LogP contribution in [0.25, 0.3) is 0 Å². The Balaban J connectivity index is 1.96. The molecule has 0 aliphatic rings. The molecule has 2 heterocycles. The maximum absolute atomic E-state index is 8.81. The maximum atomic E-state index is 8.81. The van der Waals surface area contributed by atoms with Gasteiger partial charge in [0.05, 0.1) is 27.4 Å². The summed E-state index contributed by atoms with van der Waals surface area (Å²) in [5.41, 5.74) is 1.75. The van der Waals surface area contributed by atoms with E-state index in [0.29, 0.717) is 5.56 Å². The Labute approximate surface area is 115 Å². The van der Waals surface area contributed by atoms with Gasteiger partial charge in [0.15, 0.2) is 0 Å². The largest absolute Gasteiger partial charge is 0.250 e. The summed E-state index contributed by atoms with van der Waals surface area (Å²) in [6.45, 7) is 2.16. The summed E-state index contributed by atoms with van der Waals surface area (Å²) in [5, 5.41) is 13.0. The summed E-state index contributed by atoms with van der Waals surface area (Å²) >= 11 is 3.34. The molecule has 0 saturated carbocycles. The molecule has 2 aromatic rings. The minimum Gasteiger partial charge on any atom is -0.250 e. The van der Waals surface area contributed by atoms with E-state index in [0.717, 1.165) is 29.3 Å². The first-order valence-electron chi connectivity index (χ1n) is 5.74. The lowest BCUT2D eigenvalue weighted by Gasteiger charge is -1.98. The topological polar surface area (TPSA) is 49.6 Å². The predicted molar refractivity (Wildman–Crippen MR) is 74.6 cm³/mol. The standard InChI is InChI=1S/C13H13N3S2/c1-2-3-12-16-11(8-17-12)9-18-13-6-10(7-14)4-5-15-13/h4-6,8H,2-3,9H2,1H3. The van der Waals surface area contributed by atoms with Crippen molar-refractivity contribution < 1.29 is 0 Å². The van der Waals surface area contributed by atoms with E-state index in [4.69, 9.17) is 5.26 Å². The van der Waals surface area contributed by atoms with Gasteiger partial charge in [0, 0.05) is 17.3 Å². The Morgan fingerprint density at radius 1 is 1.50 bits per heavy atom. The summed E-state index contributed by atoms with van der Waals surface area (Å²) in [4.78, 5) is 8.80. The Bertz CT molecular complexity index is 557. The first kappa shape index (κ1) is 13.1. The predicted octanol–water partition coefficient (Wildman–Crippen LogP) is 3.65. The van der Waals surface area contributed by atoms with Crippen LogP contribution in [-0.2, 0) is 12.2 Å². The van der Waals surface area contributed by atoms with Gasteiger partial charge in [-0.15, -0.1) is 11.3 Å². The van der Waals surface area contributed by atoms with Crippen LogP contribution in [0.2, 0.25) is 0 Å². The number of pyridine rings is 1. The van der Waals surface area contributed by atoms with E-state index in [2.05, 4.69) is 28.3 Å². The number of aryl methyl sites for hydroxylation is 1. The van der Waals surface area contributed by atoms with Crippen molar-refractivity contribution in [1.29, 1.82) is 5.26 Å². The number of rotatable bonds is 5. The highest BCUT2D eigenvalue weighted by Crippen LogP contribution is 2.22. The van der Waals surface area contributed by atoms with Crippen LogP contribution in [0.4, 0.5) is 0 Å². The third-order valence-electron chi connectivity index (χ3n) is 2.30. The molecule has 0 atom stereocenters. The highest BCUT2D eigenvalue weighted by molar-refractivity contribution is 7.98. The highest BCUT2D eigenvalue weighted by Gasteiger charge is 2.03. The van der Waals surface area contributed by atoms with Gasteiger partial charge in [-0.3, -0.25) is 0 Å². The molecule has 0 radical (unpaired) electrons. The van der Waals surface area contributed by atoms with Gasteiger partial charge < -0.3 is 0 Å². The third-order valence-corrected chi connectivity index (χ3v) is 4.21. The Hall–Kier alpha value is -1.38. The van der Waals surface area contributed by atoms with Crippen molar-refractivity contribution in [1.82, 2.24) is 9.97 Å². The van der Waals surface area contributed by atoms with Crippen LogP contribution in [0.15, 0.2) is 28.7 Å². The SMILES string of the molecule is CCCc1nc(CSc2cc(C#N)ccn2)cs1. The molecule has 0 bridgehead atoms. The molecule has 3 nitrogen and oxygen atoms in total. The van der Waals surface area contributed by atoms with Gasteiger partial charge >= 0.3 is 0 Å². The third kappa shape index (κ3) is 3.56. The molecule has 0 aliphatic heterocycles. The van der Waals surface area contributed by atoms with Crippen molar-refractivity contribution in [2.75, 3.05) is 0 Å². The molecule has 0 aromatic carbocycles. The van der Waals surface area contributed by atoms with Crippen LogP contribution in [-0.4, -0.2) is 9.97 Å². The van der Waals surface area contributed by atoms with E-state index in [1.165, 1.54) is 5.01 Å². The van der Waals surface area contributed by atoms with Gasteiger partial charge in [-0.25, -0.2) is 9.97 Å². The summed E-state index contributed by atoms with van der Waals surface area (Å²) in [5.74, 6) is 0.808. The van der Waals surface area contributed by atoms with E-state index < -0.39 is 0 Å². The van der Waals surface area contributed by atoms with Crippen molar-refractivity contribution >= 4 is 23.1 Å². The van der Waals surface area contributed by atoms with Crippen molar-refractivity contribution in [3.8, 4) is 6.07 Å². The molecule has 18 heavy (non-hydrogen) atoms. The van der Waals surface area contributed by atoms with Crippen LogP contribution < -0.4 is 0 Å². The number of aromatic nitrogens is 2. The smallest absolute Gasteiger partial charge is 0.0993 e. The molecule has 0 spiro atoms. The number of thiazole rings is 1. The molecule has 0 fully saturated rings. The van der Waals surface area contributed by atoms with Crippen molar-refractivity contribution in [2.45, 2.75) is 30.5 Å². The van der Waals surface area contributed by atoms with E-state index in [1.807, 2.05) is 6.07 Å². The zero-order valence-corrected chi connectivity index (χ0v) is 11.7. The van der Waals surface area contributed by atoms with Gasteiger partial charge in [0.1, 0.15) is 0 Å². The maximum Gasteiger partial charge on any atom is 0.0993 e. The molecular weight excluding hydrogens is 262 g/mol. The van der Waals surface area contributed by atoms with Gasteiger partial charge in [0.2, 0.25) is 0 Å². The normalized spacial score (nSPS) is 10.2. The summed E-state index contributed by atoms with van der Waals surface area (Å²) in [6.07, 6.45) is 3.85. The number of hydrogen-bond donors (Lipinski definition) is 0. The quantitative estimate of drug-likeness (QED) is 0.781. The zero-order chi connectivity index (χ0) is 12.8. The average molecular weight is 275 g/mol. The second-order valence-corrected chi connectivity index (χ2v) is 5.70. The minimum atomic E-state index is 0.650. The first-order valence-corrected chi connectivity index (χ1v) is 7.60. The monoisotopic (exact) mass is 275 g/mol. The van der Waals surface area contributed by atoms with Gasteiger partial charge in [-0.2, -0.15) is 5.26 Å². The van der Waals surface area contributed by atoms with Crippen LogP contribution in [0, 0.1) is 11.3 Å². The zero-order valence-electron chi connectivity index (χ0n) is 10.1. The highest BCUT2D eigenvalue weighted by atomic mass is 32.2. The summed E-state index contributed by atoms with van der Waals surface area (Å²) in [6, 6.07) is 5.64. The lowest BCUT2D eigenvalue weighted by molar-refractivity contribution is 0.902. The fraction of sp³-hybridized carbons (Fsp3) is 0.308. The summed E-state index contributed by atoms with van der Waals surface area (Å²) < 4.78 is 0. The second kappa shape index (κ2) is 6.53. The molecule has 0 N–H and O–H groups in total. The van der Waals surface area contributed by atoms with Crippen LogP contribution in [0.1, 0.15) is 29.6 Å². The van der Waals surface area contributed by atoms with Crippen LogP contribution in [0.5, 0.6) is 0 Å². The van der Waals surface area contributed by atoms with Crippen molar-refractivity contribution in [3.63, 3.8) is 0 Å². The molecule has 2 aromatic heterocycles. The molecule has 0 saturated heterocycles. The molecule has 0 aliphatic carbocycles. The van der Waals surface area contributed by atoms with Gasteiger partial charge in [0.25, 0.3) is 0 Å². The fourth-order valence-corrected chi connectivity index (χ4v) is 3.24. The fourth-order valence-electron chi connectivity index (χ4n) is 1.45. The van der Waals surface area contributed by atoms with Crippen LogP contribution in [0.3, 0.4) is 0 Å². The van der Waals surface area contributed by atoms with Crippen LogP contribution >= 0.6 is 23.1 Å². The van der Waals surface area contributed by atoms with E-state index in [9.17, 15) is 0 Å². The number of hydrogen-bond acceptors (Lipinski definition) is 5. The lowest BCUT2D eigenvalue weighted by Crippen LogP contribution is -1.86. The number of nitrogens with zero attached hydrogens (tertiary/aromatic N) is 3. The number of thioether (sulfide) groups is 1. The molecule has 0 unspecified atom stereocenters. The summed E-state index contributed by atoms with van der Waals surface area (Å²) in [7, 11) is 0. The second-order valence-electron chi connectivity index (χ2n) is 3.77. The molecule has 92 valence electrons. The Kier molecular flexibility index (Phi) is 4.73. The Morgan fingerprint density at radius 2 is 2.39 bits per heavy atom.